The number of aliphatic hydroxyl groups is 1. The number of hydrogen-bond acceptors (Lipinski definition) is 7. The van der Waals surface area contributed by atoms with Crippen molar-refractivity contribution >= 4 is 41.7 Å². The number of aryl methyl sites for hydroxylation is 1. The van der Waals surface area contributed by atoms with Crippen LogP contribution >= 0.6 is 24.0 Å². The molecule has 2 N–H and O–H groups in total. The molecule has 1 saturated heterocycles. The fraction of sp³-hybridized carbons (Fsp3) is 0.333. The summed E-state index contributed by atoms with van der Waals surface area (Å²) in [5, 5.41) is 13.2. The van der Waals surface area contributed by atoms with Crippen LogP contribution in [-0.4, -0.2) is 68.1 Å². The summed E-state index contributed by atoms with van der Waals surface area (Å²) in [5.41, 5.74) is 6.23. The number of aliphatic hydroxyl groups excluding tert-OH is 1. The van der Waals surface area contributed by atoms with E-state index in [2.05, 4.69) is 22.9 Å². The highest BCUT2D eigenvalue weighted by atomic mass is 32.1. The number of hydrogen-bond donors (Lipinski definition) is 3. The number of carbonyl (C=O) groups is 3. The molecule has 1 aromatic heterocycles. The first-order valence-corrected chi connectivity index (χ1v) is 13.6. The van der Waals surface area contributed by atoms with Crippen molar-refractivity contribution in [2.45, 2.75) is 44.6 Å². The lowest BCUT2D eigenvalue weighted by atomic mass is 10.1. The number of thiazole rings is 1. The van der Waals surface area contributed by atoms with Crippen LogP contribution in [0, 0.1) is 6.92 Å². The minimum atomic E-state index is -0.827. The third kappa shape index (κ3) is 5.01. The first-order valence-electron chi connectivity index (χ1n) is 12.1. The number of thiol groups is 1. The maximum Gasteiger partial charge on any atom is 0.255 e. The second-order valence-electron chi connectivity index (χ2n) is 9.37. The van der Waals surface area contributed by atoms with E-state index in [1.165, 1.54) is 9.80 Å². The standard InChI is InChI=1S/C27H28N4O4S2/c1-16-24(37-15-29-16)18-8-6-17(7-9-18)11-28-25(33)22-10-20(32)13-31(22)27(35)23(14-36)30-12-19-4-2-3-5-21(19)26(30)34/h2-9,15,20,22-23,32,36H,10-14H2,1H3,(H,28,33)/t20-,22+,23?/m1/s1. The van der Waals surface area contributed by atoms with E-state index in [-0.39, 0.29) is 36.4 Å². The summed E-state index contributed by atoms with van der Waals surface area (Å²) in [6, 6.07) is 13.5. The lowest BCUT2D eigenvalue weighted by Crippen LogP contribution is -2.54. The second kappa shape index (κ2) is 10.6. The molecule has 5 rings (SSSR count). The number of nitrogens with zero attached hydrogens (tertiary/aromatic N) is 3. The van der Waals surface area contributed by atoms with Crippen molar-refractivity contribution in [2.75, 3.05) is 12.3 Å². The molecule has 3 atom stereocenters. The molecule has 0 bridgehead atoms. The third-order valence-electron chi connectivity index (χ3n) is 6.98. The molecular formula is C27H28N4O4S2. The number of carbonyl (C=O) groups excluding carboxylic acids is 3. The molecule has 0 radical (unpaired) electrons. The van der Waals surface area contributed by atoms with E-state index >= 15 is 0 Å². The summed E-state index contributed by atoms with van der Waals surface area (Å²) < 4.78 is 0. The molecule has 2 aliphatic heterocycles. The zero-order valence-corrected chi connectivity index (χ0v) is 22.0. The quantitative estimate of drug-likeness (QED) is 0.403. The van der Waals surface area contributed by atoms with Crippen LogP contribution in [-0.2, 0) is 22.7 Å². The van der Waals surface area contributed by atoms with Gasteiger partial charge in [-0.2, -0.15) is 12.6 Å². The molecule has 1 fully saturated rings. The molecular weight excluding hydrogens is 508 g/mol. The molecule has 8 nitrogen and oxygen atoms in total. The zero-order valence-electron chi connectivity index (χ0n) is 20.3. The predicted molar refractivity (Wildman–Crippen MR) is 144 cm³/mol. The molecule has 0 aliphatic carbocycles. The van der Waals surface area contributed by atoms with Crippen LogP contribution < -0.4 is 5.32 Å². The highest BCUT2D eigenvalue weighted by molar-refractivity contribution is 7.80. The summed E-state index contributed by atoms with van der Waals surface area (Å²) >= 11 is 5.95. The van der Waals surface area contributed by atoms with Gasteiger partial charge in [0.2, 0.25) is 11.8 Å². The SMILES string of the molecule is Cc1ncsc1-c1ccc(CNC(=O)[C@@H]2C[C@@H](O)CN2C(=O)C(CS)N2Cc3ccccc3C2=O)cc1. The average molecular weight is 537 g/mol. The maximum atomic E-state index is 13.6. The van der Waals surface area contributed by atoms with Crippen molar-refractivity contribution in [3.8, 4) is 10.4 Å². The van der Waals surface area contributed by atoms with E-state index in [0.29, 0.717) is 18.7 Å². The van der Waals surface area contributed by atoms with Crippen LogP contribution in [0.2, 0.25) is 0 Å². The Morgan fingerprint density at radius 3 is 2.65 bits per heavy atom. The Morgan fingerprint density at radius 2 is 1.97 bits per heavy atom. The first kappa shape index (κ1) is 25.4. The van der Waals surface area contributed by atoms with E-state index in [0.717, 1.165) is 27.3 Å². The molecule has 2 aromatic carbocycles. The number of amides is 3. The first-order chi connectivity index (χ1) is 17.9. The average Bonchev–Trinajstić information content (AvgIpc) is 3.60. The Balaban J connectivity index is 1.25. The van der Waals surface area contributed by atoms with Crippen LogP contribution in [0.1, 0.15) is 33.6 Å². The van der Waals surface area contributed by atoms with Crippen molar-refractivity contribution in [2.24, 2.45) is 0 Å². The number of nitrogens with one attached hydrogen (secondary N) is 1. The van der Waals surface area contributed by atoms with Gasteiger partial charge in [-0.3, -0.25) is 14.4 Å². The third-order valence-corrected chi connectivity index (χ3v) is 8.30. The van der Waals surface area contributed by atoms with Gasteiger partial charge in [-0.25, -0.2) is 4.98 Å². The molecule has 192 valence electrons. The number of aromatic nitrogens is 1. The Morgan fingerprint density at radius 1 is 1.22 bits per heavy atom. The van der Waals surface area contributed by atoms with Crippen LogP contribution in [0.3, 0.4) is 0 Å². The highest BCUT2D eigenvalue weighted by Crippen LogP contribution is 2.29. The van der Waals surface area contributed by atoms with Gasteiger partial charge in [-0.05, 0) is 29.7 Å². The van der Waals surface area contributed by atoms with Crippen molar-refractivity contribution in [3.63, 3.8) is 0 Å². The summed E-state index contributed by atoms with van der Waals surface area (Å²) in [6.45, 7) is 2.63. The maximum absolute atomic E-state index is 13.6. The normalized spacial score (nSPS) is 19.7. The van der Waals surface area contributed by atoms with Crippen LogP contribution in [0.4, 0.5) is 0 Å². The largest absolute Gasteiger partial charge is 0.391 e. The van der Waals surface area contributed by atoms with Gasteiger partial charge in [-0.15, -0.1) is 11.3 Å². The molecule has 0 spiro atoms. The van der Waals surface area contributed by atoms with Gasteiger partial charge in [0.1, 0.15) is 12.1 Å². The van der Waals surface area contributed by atoms with Gasteiger partial charge in [0.15, 0.2) is 0 Å². The molecule has 3 heterocycles. The lowest BCUT2D eigenvalue weighted by Gasteiger charge is -2.32. The highest BCUT2D eigenvalue weighted by Gasteiger charge is 2.44. The zero-order chi connectivity index (χ0) is 26.1. The van der Waals surface area contributed by atoms with E-state index in [1.807, 2.05) is 48.8 Å². The molecule has 37 heavy (non-hydrogen) atoms. The summed E-state index contributed by atoms with van der Waals surface area (Å²) in [4.78, 5) is 48.0. The van der Waals surface area contributed by atoms with Gasteiger partial charge >= 0.3 is 0 Å². The van der Waals surface area contributed by atoms with E-state index in [9.17, 15) is 19.5 Å². The number of benzene rings is 2. The number of β-amino-alcohol motifs (C(OH)–C–C–N with tert-alkyl or cyclic N) is 1. The minimum absolute atomic E-state index is 0.0407. The van der Waals surface area contributed by atoms with Crippen molar-refractivity contribution in [1.82, 2.24) is 20.1 Å². The van der Waals surface area contributed by atoms with Gasteiger partial charge in [0.05, 0.1) is 22.2 Å². The van der Waals surface area contributed by atoms with Gasteiger partial charge in [0.25, 0.3) is 5.91 Å². The molecule has 0 saturated carbocycles. The monoisotopic (exact) mass is 536 g/mol. The van der Waals surface area contributed by atoms with Crippen molar-refractivity contribution in [1.29, 1.82) is 0 Å². The number of rotatable bonds is 7. The Hall–Kier alpha value is -3.21. The minimum Gasteiger partial charge on any atom is -0.391 e. The van der Waals surface area contributed by atoms with Crippen molar-refractivity contribution in [3.05, 3.63) is 76.4 Å². The Kier molecular flexibility index (Phi) is 7.32. The molecule has 10 heteroatoms. The van der Waals surface area contributed by atoms with Crippen LogP contribution in [0.15, 0.2) is 54.0 Å². The van der Waals surface area contributed by atoms with Crippen LogP contribution in [0.5, 0.6) is 0 Å². The summed E-state index contributed by atoms with van der Waals surface area (Å²) in [6.07, 6.45) is -0.664. The van der Waals surface area contributed by atoms with Gasteiger partial charge in [0, 0.05) is 37.4 Å². The fourth-order valence-corrected chi connectivity index (χ4v) is 6.16. The topological polar surface area (TPSA) is 103 Å². The fourth-order valence-electron chi connectivity index (χ4n) is 5.00. The summed E-state index contributed by atoms with van der Waals surface area (Å²) in [5.74, 6) is -0.815. The number of fused-ring (bicyclic) bond motifs is 1. The number of likely N-dealkylation sites (tertiary alicyclic amines) is 1. The Bertz CT molecular complexity index is 1330. The summed E-state index contributed by atoms with van der Waals surface area (Å²) in [7, 11) is 0. The molecule has 3 aromatic rings. The molecule has 1 unspecified atom stereocenters. The Labute approximate surface area is 224 Å². The lowest BCUT2D eigenvalue weighted by molar-refractivity contribution is -0.141. The van der Waals surface area contributed by atoms with E-state index < -0.39 is 18.2 Å². The predicted octanol–water partition coefficient (Wildman–Crippen LogP) is 2.65. The molecule has 3 amide bonds. The second-order valence-corrected chi connectivity index (χ2v) is 10.6. The van der Waals surface area contributed by atoms with Crippen molar-refractivity contribution < 1.29 is 19.5 Å². The van der Waals surface area contributed by atoms with Crippen LogP contribution in [0.25, 0.3) is 10.4 Å². The van der Waals surface area contributed by atoms with E-state index in [4.69, 9.17) is 0 Å². The van der Waals surface area contributed by atoms with Gasteiger partial charge in [-0.1, -0.05) is 42.5 Å². The van der Waals surface area contributed by atoms with E-state index in [1.54, 1.807) is 23.5 Å². The molecule has 2 aliphatic rings. The van der Waals surface area contributed by atoms with Gasteiger partial charge < -0.3 is 20.2 Å². The smallest absolute Gasteiger partial charge is 0.255 e.